The highest BCUT2D eigenvalue weighted by Gasteiger charge is 2.39. The Bertz CT molecular complexity index is 926. The molecule has 0 fully saturated rings. The summed E-state index contributed by atoms with van der Waals surface area (Å²) in [6.45, 7) is -0.135. The lowest BCUT2D eigenvalue weighted by molar-refractivity contribution is 0.0440. The molecule has 0 aliphatic heterocycles. The fourth-order valence-corrected chi connectivity index (χ4v) is 4.36. The molecule has 8 heteroatoms. The van der Waals surface area contributed by atoms with Crippen molar-refractivity contribution in [2.75, 3.05) is 27.9 Å². The van der Waals surface area contributed by atoms with Crippen LogP contribution in [0, 0.1) is 0 Å². The second-order valence-electron chi connectivity index (χ2n) is 6.40. The SMILES string of the molecule is COc1ccc(S(=O)(=O)NCC2(O)CCc3cc(OC)c(OC)cc32)cc1. The summed E-state index contributed by atoms with van der Waals surface area (Å²) in [5.41, 5.74) is 0.255. The van der Waals surface area contributed by atoms with E-state index in [2.05, 4.69) is 4.72 Å². The summed E-state index contributed by atoms with van der Waals surface area (Å²) >= 11 is 0. The first kappa shape index (κ1) is 19.5. The van der Waals surface area contributed by atoms with E-state index in [0.29, 0.717) is 35.7 Å². The summed E-state index contributed by atoms with van der Waals surface area (Å²) in [5.74, 6) is 1.65. The highest BCUT2D eigenvalue weighted by Crippen LogP contribution is 2.42. The Balaban J connectivity index is 1.82. The molecule has 0 spiro atoms. The van der Waals surface area contributed by atoms with Crippen LogP contribution in [0.3, 0.4) is 0 Å². The predicted molar refractivity (Wildman–Crippen MR) is 99.9 cm³/mol. The molecule has 7 nitrogen and oxygen atoms in total. The van der Waals surface area contributed by atoms with Crippen LogP contribution in [0.1, 0.15) is 17.5 Å². The van der Waals surface area contributed by atoms with Gasteiger partial charge in [-0.25, -0.2) is 13.1 Å². The second kappa shape index (κ2) is 7.38. The summed E-state index contributed by atoms with van der Waals surface area (Å²) in [6.07, 6.45) is 1.03. The molecule has 0 heterocycles. The van der Waals surface area contributed by atoms with Crippen molar-refractivity contribution >= 4 is 10.0 Å². The molecule has 3 rings (SSSR count). The van der Waals surface area contributed by atoms with Crippen molar-refractivity contribution < 1.29 is 27.7 Å². The third-order valence-corrected chi connectivity index (χ3v) is 6.26. The van der Waals surface area contributed by atoms with E-state index in [9.17, 15) is 13.5 Å². The number of aryl methyl sites for hydroxylation is 1. The lowest BCUT2D eigenvalue weighted by Gasteiger charge is -2.25. The summed E-state index contributed by atoms with van der Waals surface area (Å²) in [4.78, 5) is 0.109. The van der Waals surface area contributed by atoms with E-state index in [-0.39, 0.29) is 11.4 Å². The van der Waals surface area contributed by atoms with Crippen LogP contribution in [0.15, 0.2) is 41.3 Å². The molecule has 1 atom stereocenters. The Labute approximate surface area is 158 Å². The van der Waals surface area contributed by atoms with Crippen LogP contribution >= 0.6 is 0 Å². The van der Waals surface area contributed by atoms with Gasteiger partial charge in [-0.05, 0) is 60.4 Å². The third kappa shape index (κ3) is 3.73. The number of rotatable bonds is 7. The zero-order valence-electron chi connectivity index (χ0n) is 15.5. The Morgan fingerprint density at radius 3 is 2.26 bits per heavy atom. The van der Waals surface area contributed by atoms with Gasteiger partial charge in [0.25, 0.3) is 0 Å². The van der Waals surface area contributed by atoms with Gasteiger partial charge in [-0.2, -0.15) is 0 Å². The first-order valence-corrected chi connectivity index (χ1v) is 9.93. The van der Waals surface area contributed by atoms with Gasteiger partial charge in [0.05, 0.1) is 26.2 Å². The summed E-state index contributed by atoms with van der Waals surface area (Å²) in [5, 5.41) is 11.1. The van der Waals surface area contributed by atoms with E-state index in [1.165, 1.54) is 26.4 Å². The fraction of sp³-hybridized carbons (Fsp3) is 0.368. The average molecular weight is 393 g/mol. The number of sulfonamides is 1. The van der Waals surface area contributed by atoms with Gasteiger partial charge in [0, 0.05) is 6.54 Å². The maximum atomic E-state index is 12.6. The Kier molecular flexibility index (Phi) is 5.32. The minimum Gasteiger partial charge on any atom is -0.497 e. The van der Waals surface area contributed by atoms with Gasteiger partial charge in [-0.15, -0.1) is 0 Å². The van der Waals surface area contributed by atoms with E-state index in [1.807, 2.05) is 6.07 Å². The van der Waals surface area contributed by atoms with Crippen LogP contribution in [0.5, 0.6) is 17.2 Å². The molecule has 0 saturated carbocycles. The fourth-order valence-electron chi connectivity index (χ4n) is 3.27. The van der Waals surface area contributed by atoms with Gasteiger partial charge in [0.1, 0.15) is 11.4 Å². The first-order chi connectivity index (χ1) is 12.8. The van der Waals surface area contributed by atoms with Crippen LogP contribution in [-0.2, 0) is 22.0 Å². The molecule has 1 aliphatic carbocycles. The van der Waals surface area contributed by atoms with Crippen molar-refractivity contribution in [1.82, 2.24) is 4.72 Å². The maximum absolute atomic E-state index is 12.6. The van der Waals surface area contributed by atoms with Crippen molar-refractivity contribution in [2.24, 2.45) is 0 Å². The predicted octanol–water partition coefficient (Wildman–Crippen LogP) is 1.82. The van der Waals surface area contributed by atoms with Crippen molar-refractivity contribution in [3.05, 3.63) is 47.5 Å². The monoisotopic (exact) mass is 393 g/mol. The van der Waals surface area contributed by atoms with E-state index in [1.54, 1.807) is 25.3 Å². The number of methoxy groups -OCH3 is 3. The molecule has 0 bridgehead atoms. The highest BCUT2D eigenvalue weighted by atomic mass is 32.2. The van der Waals surface area contributed by atoms with Crippen molar-refractivity contribution in [3.63, 3.8) is 0 Å². The minimum atomic E-state index is -3.76. The van der Waals surface area contributed by atoms with Gasteiger partial charge in [0.2, 0.25) is 10.0 Å². The zero-order valence-corrected chi connectivity index (χ0v) is 16.3. The normalized spacial score (nSPS) is 18.8. The highest BCUT2D eigenvalue weighted by molar-refractivity contribution is 7.89. The number of fused-ring (bicyclic) bond motifs is 1. The number of hydrogen-bond donors (Lipinski definition) is 2. The molecule has 0 amide bonds. The van der Waals surface area contributed by atoms with Crippen LogP contribution in [0.4, 0.5) is 0 Å². The van der Waals surface area contributed by atoms with E-state index in [4.69, 9.17) is 14.2 Å². The smallest absolute Gasteiger partial charge is 0.240 e. The van der Waals surface area contributed by atoms with Gasteiger partial charge in [-0.1, -0.05) is 0 Å². The lowest BCUT2D eigenvalue weighted by atomic mass is 9.96. The van der Waals surface area contributed by atoms with Crippen LogP contribution in [0.2, 0.25) is 0 Å². The topological polar surface area (TPSA) is 94.1 Å². The summed E-state index contributed by atoms with van der Waals surface area (Å²) < 4.78 is 43.3. The molecule has 146 valence electrons. The summed E-state index contributed by atoms with van der Waals surface area (Å²) in [7, 11) is 0.817. The maximum Gasteiger partial charge on any atom is 0.240 e. The van der Waals surface area contributed by atoms with Gasteiger partial charge in [0.15, 0.2) is 11.5 Å². The number of aliphatic hydroxyl groups is 1. The molecule has 0 aromatic heterocycles. The molecular formula is C19H23NO6S. The van der Waals surface area contributed by atoms with Gasteiger partial charge in [-0.3, -0.25) is 0 Å². The Morgan fingerprint density at radius 2 is 1.67 bits per heavy atom. The largest absolute Gasteiger partial charge is 0.497 e. The number of nitrogens with one attached hydrogen (secondary N) is 1. The summed E-state index contributed by atoms with van der Waals surface area (Å²) in [6, 6.07) is 9.60. The van der Waals surface area contributed by atoms with Crippen LogP contribution in [-0.4, -0.2) is 41.4 Å². The average Bonchev–Trinajstić information content (AvgIpc) is 3.02. The quantitative estimate of drug-likeness (QED) is 0.745. The molecule has 2 aromatic rings. The first-order valence-electron chi connectivity index (χ1n) is 8.44. The van der Waals surface area contributed by atoms with Crippen molar-refractivity contribution in [1.29, 1.82) is 0 Å². The standard InChI is InChI=1S/C19H23NO6S/c1-24-14-4-6-15(7-5-14)27(22,23)20-12-19(21)9-8-13-10-17(25-2)18(26-3)11-16(13)19/h4-7,10-11,20-21H,8-9,12H2,1-3H3. The van der Waals surface area contributed by atoms with Gasteiger partial charge >= 0.3 is 0 Å². The van der Waals surface area contributed by atoms with Crippen molar-refractivity contribution in [2.45, 2.75) is 23.3 Å². The molecular weight excluding hydrogens is 370 g/mol. The van der Waals surface area contributed by atoms with Crippen molar-refractivity contribution in [3.8, 4) is 17.2 Å². The number of benzene rings is 2. The molecule has 1 unspecified atom stereocenters. The molecule has 27 heavy (non-hydrogen) atoms. The zero-order chi connectivity index (χ0) is 19.7. The number of ether oxygens (including phenoxy) is 3. The second-order valence-corrected chi connectivity index (χ2v) is 8.16. The number of hydrogen-bond acceptors (Lipinski definition) is 6. The van der Waals surface area contributed by atoms with Crippen LogP contribution in [0.25, 0.3) is 0 Å². The Hall–Kier alpha value is -2.29. The molecule has 2 N–H and O–H groups in total. The van der Waals surface area contributed by atoms with E-state index in [0.717, 1.165) is 5.56 Å². The van der Waals surface area contributed by atoms with Gasteiger partial charge < -0.3 is 19.3 Å². The minimum absolute atomic E-state index is 0.109. The molecule has 0 radical (unpaired) electrons. The van der Waals surface area contributed by atoms with E-state index < -0.39 is 15.6 Å². The third-order valence-electron chi connectivity index (χ3n) is 4.84. The molecule has 2 aromatic carbocycles. The van der Waals surface area contributed by atoms with Crippen LogP contribution < -0.4 is 18.9 Å². The van der Waals surface area contributed by atoms with E-state index >= 15 is 0 Å². The molecule has 1 aliphatic rings. The lowest BCUT2D eigenvalue weighted by Crippen LogP contribution is -2.39. The Morgan fingerprint density at radius 1 is 1.04 bits per heavy atom. The molecule has 0 saturated heterocycles.